The number of carbonyl (C=O) groups is 3. The molecule has 0 bridgehead atoms. The first-order valence-corrected chi connectivity index (χ1v) is 4.34. The van der Waals surface area contributed by atoms with Crippen LogP contribution in [0.4, 0.5) is 0 Å². The zero-order valence-corrected chi connectivity index (χ0v) is 7.86. The van der Waals surface area contributed by atoms with Crippen LogP contribution in [-0.2, 0) is 19.1 Å². The maximum Gasteiger partial charge on any atom is 0.307 e. The summed E-state index contributed by atoms with van der Waals surface area (Å²) in [4.78, 5) is 33.8. The highest BCUT2D eigenvalue weighted by molar-refractivity contribution is 6.12. The van der Waals surface area contributed by atoms with Gasteiger partial charge in [-0.2, -0.15) is 0 Å². The third-order valence-corrected chi connectivity index (χ3v) is 1.71. The Labute approximate surface area is 81.3 Å². The summed E-state index contributed by atoms with van der Waals surface area (Å²) in [6.45, 7) is 1.55. The topological polar surface area (TPSA) is 63.7 Å². The maximum atomic E-state index is 11.0. The van der Waals surface area contributed by atoms with Crippen molar-refractivity contribution in [1.29, 1.82) is 0 Å². The normalized spacial score (nSPS) is 15.1. The zero-order chi connectivity index (χ0) is 10.6. The van der Waals surface area contributed by atoms with Crippen LogP contribution in [0.25, 0.3) is 0 Å². The first kappa shape index (κ1) is 10.4. The lowest BCUT2D eigenvalue weighted by atomic mass is 10.3. The molecule has 1 heterocycles. The van der Waals surface area contributed by atoms with Crippen molar-refractivity contribution < 1.29 is 19.1 Å². The Balaban J connectivity index is 2.35. The van der Waals surface area contributed by atoms with Crippen molar-refractivity contribution >= 4 is 17.8 Å². The van der Waals surface area contributed by atoms with E-state index in [-0.39, 0.29) is 6.73 Å². The smallest absolute Gasteiger partial charge is 0.307 e. The van der Waals surface area contributed by atoms with Crippen LogP contribution in [0.1, 0.15) is 19.8 Å². The molecule has 0 N–H and O–H groups in total. The molecule has 0 fully saturated rings. The second-order valence-corrected chi connectivity index (χ2v) is 2.83. The fourth-order valence-corrected chi connectivity index (χ4v) is 0.971. The molecule has 0 radical (unpaired) electrons. The predicted molar refractivity (Wildman–Crippen MR) is 46.9 cm³/mol. The van der Waals surface area contributed by atoms with E-state index >= 15 is 0 Å². The Morgan fingerprint density at radius 3 is 2.43 bits per heavy atom. The van der Waals surface area contributed by atoms with Gasteiger partial charge in [0, 0.05) is 18.6 Å². The number of hydrogen-bond acceptors (Lipinski definition) is 4. The van der Waals surface area contributed by atoms with Gasteiger partial charge < -0.3 is 4.74 Å². The molecule has 1 rings (SSSR count). The van der Waals surface area contributed by atoms with Crippen molar-refractivity contribution in [1.82, 2.24) is 4.90 Å². The molecule has 0 aliphatic carbocycles. The third-order valence-electron chi connectivity index (χ3n) is 1.71. The minimum Gasteiger partial charge on any atom is -0.444 e. The van der Waals surface area contributed by atoms with Crippen LogP contribution in [0.5, 0.6) is 0 Å². The van der Waals surface area contributed by atoms with E-state index in [1.165, 1.54) is 0 Å². The summed E-state index contributed by atoms with van der Waals surface area (Å²) in [5.74, 6) is -1.29. The van der Waals surface area contributed by atoms with Gasteiger partial charge in [0.1, 0.15) is 0 Å². The number of ether oxygens (including phenoxy) is 1. The average Bonchev–Trinajstić information content (AvgIpc) is 2.44. The van der Waals surface area contributed by atoms with E-state index in [9.17, 15) is 14.4 Å². The number of amides is 2. The van der Waals surface area contributed by atoms with Crippen LogP contribution in [0, 0.1) is 0 Å². The average molecular weight is 197 g/mol. The molecule has 0 atom stereocenters. The standard InChI is InChI=1S/C9H11NO4/c1-2-3-9(13)14-6-10-7(11)4-5-8(10)12/h4-5H,2-3,6H2,1H3. The van der Waals surface area contributed by atoms with Gasteiger partial charge in [-0.1, -0.05) is 6.92 Å². The highest BCUT2D eigenvalue weighted by Crippen LogP contribution is 2.03. The minimum atomic E-state index is -0.445. The number of esters is 1. The monoisotopic (exact) mass is 197 g/mol. The number of hydrogen-bond donors (Lipinski definition) is 0. The second-order valence-electron chi connectivity index (χ2n) is 2.83. The fraction of sp³-hybridized carbons (Fsp3) is 0.444. The maximum absolute atomic E-state index is 11.0. The number of rotatable bonds is 4. The van der Waals surface area contributed by atoms with Crippen molar-refractivity contribution in [2.75, 3.05) is 6.73 Å². The Hall–Kier alpha value is -1.65. The molecule has 1 aliphatic rings. The van der Waals surface area contributed by atoms with Crippen molar-refractivity contribution in [2.45, 2.75) is 19.8 Å². The summed E-state index contributed by atoms with van der Waals surface area (Å²) in [6, 6.07) is 0. The number of carbonyl (C=O) groups excluding carboxylic acids is 3. The second kappa shape index (κ2) is 4.55. The van der Waals surface area contributed by atoms with Gasteiger partial charge in [-0.3, -0.25) is 14.4 Å². The fourth-order valence-electron chi connectivity index (χ4n) is 0.971. The molecule has 0 spiro atoms. The summed E-state index contributed by atoms with van der Waals surface area (Å²) < 4.78 is 4.71. The SMILES string of the molecule is CCCC(=O)OCN1C(=O)C=CC1=O. The molecule has 76 valence electrons. The van der Waals surface area contributed by atoms with Gasteiger partial charge >= 0.3 is 5.97 Å². The molecule has 5 heteroatoms. The van der Waals surface area contributed by atoms with E-state index in [4.69, 9.17) is 4.74 Å². The molecule has 0 unspecified atom stereocenters. The van der Waals surface area contributed by atoms with Gasteiger partial charge in [0.15, 0.2) is 6.73 Å². The molecule has 0 saturated carbocycles. The summed E-state index contributed by atoms with van der Waals surface area (Å²) in [5, 5.41) is 0. The lowest BCUT2D eigenvalue weighted by molar-refractivity contribution is -0.154. The molecule has 2 amide bonds. The first-order chi connectivity index (χ1) is 6.65. The van der Waals surface area contributed by atoms with Gasteiger partial charge in [0.25, 0.3) is 11.8 Å². The Morgan fingerprint density at radius 1 is 1.36 bits per heavy atom. The van der Waals surface area contributed by atoms with Crippen LogP contribution in [0.15, 0.2) is 12.2 Å². The molecular weight excluding hydrogens is 186 g/mol. The van der Waals surface area contributed by atoms with Crippen LogP contribution in [0.3, 0.4) is 0 Å². The highest BCUT2D eigenvalue weighted by atomic mass is 16.5. The van der Waals surface area contributed by atoms with Gasteiger partial charge in [0.05, 0.1) is 0 Å². The molecule has 1 aliphatic heterocycles. The van der Waals surface area contributed by atoms with E-state index in [2.05, 4.69) is 0 Å². The molecule has 0 saturated heterocycles. The third kappa shape index (κ3) is 2.42. The van der Waals surface area contributed by atoms with Crippen LogP contribution in [-0.4, -0.2) is 29.4 Å². The van der Waals surface area contributed by atoms with Crippen LogP contribution in [0.2, 0.25) is 0 Å². The quantitative estimate of drug-likeness (QED) is 0.477. The van der Waals surface area contributed by atoms with Crippen molar-refractivity contribution in [3.63, 3.8) is 0 Å². The Morgan fingerprint density at radius 2 is 1.93 bits per heavy atom. The molecule has 0 aromatic carbocycles. The van der Waals surface area contributed by atoms with E-state index in [0.717, 1.165) is 17.1 Å². The van der Waals surface area contributed by atoms with E-state index in [1.54, 1.807) is 0 Å². The van der Waals surface area contributed by atoms with Gasteiger partial charge in [-0.15, -0.1) is 0 Å². The van der Waals surface area contributed by atoms with Gasteiger partial charge in [0.2, 0.25) is 0 Å². The molecule has 0 aromatic heterocycles. The molecule has 14 heavy (non-hydrogen) atoms. The minimum absolute atomic E-state index is 0.288. The van der Waals surface area contributed by atoms with Gasteiger partial charge in [-0.25, -0.2) is 4.90 Å². The lowest BCUT2D eigenvalue weighted by Crippen LogP contribution is -2.33. The van der Waals surface area contributed by atoms with E-state index in [0.29, 0.717) is 12.8 Å². The van der Waals surface area contributed by atoms with Crippen LogP contribution < -0.4 is 0 Å². The zero-order valence-electron chi connectivity index (χ0n) is 7.86. The van der Waals surface area contributed by atoms with Crippen molar-refractivity contribution in [3.05, 3.63) is 12.2 Å². The molecular formula is C9H11NO4. The van der Waals surface area contributed by atoms with E-state index < -0.39 is 17.8 Å². The summed E-state index contributed by atoms with van der Waals surface area (Å²) in [6.07, 6.45) is 3.27. The Kier molecular flexibility index (Phi) is 3.39. The van der Waals surface area contributed by atoms with Gasteiger partial charge in [-0.05, 0) is 6.42 Å². The molecule has 0 aromatic rings. The summed E-state index contributed by atoms with van der Waals surface area (Å²) in [7, 11) is 0. The summed E-state index contributed by atoms with van der Waals surface area (Å²) >= 11 is 0. The first-order valence-electron chi connectivity index (χ1n) is 4.34. The number of imide groups is 1. The largest absolute Gasteiger partial charge is 0.444 e. The Bertz CT molecular complexity index is 277. The molecule has 5 nitrogen and oxygen atoms in total. The predicted octanol–water partition coefficient (Wildman–Crippen LogP) is 0.212. The number of nitrogens with zero attached hydrogens (tertiary/aromatic N) is 1. The highest BCUT2D eigenvalue weighted by Gasteiger charge is 2.24. The van der Waals surface area contributed by atoms with Crippen molar-refractivity contribution in [3.8, 4) is 0 Å². The van der Waals surface area contributed by atoms with Crippen molar-refractivity contribution in [2.24, 2.45) is 0 Å². The summed E-state index contributed by atoms with van der Waals surface area (Å²) in [5.41, 5.74) is 0. The van der Waals surface area contributed by atoms with Crippen LogP contribution >= 0.6 is 0 Å². The lowest BCUT2D eigenvalue weighted by Gasteiger charge is -2.13. The van der Waals surface area contributed by atoms with E-state index in [1.807, 2.05) is 6.92 Å².